The summed E-state index contributed by atoms with van der Waals surface area (Å²) in [5.74, 6) is 1.74. The van der Waals surface area contributed by atoms with Crippen LogP contribution in [0.25, 0.3) is 0 Å². The standard InChI is InChI=1S/C17H23N3O2/c1-18-17(19-10-9-16-8-5-11-22-16)20-12-14-6-3-4-7-15(14)13-21-2/h3-8,11H,9-10,12-13H2,1-2H3,(H2,18,19,20). The Balaban J connectivity index is 1.81. The maximum absolute atomic E-state index is 5.31. The molecule has 5 nitrogen and oxygen atoms in total. The zero-order valence-corrected chi connectivity index (χ0v) is 13.1. The molecule has 0 aliphatic carbocycles. The highest BCUT2D eigenvalue weighted by Gasteiger charge is 2.03. The Morgan fingerprint density at radius 3 is 2.64 bits per heavy atom. The molecule has 1 aromatic heterocycles. The number of hydrogen-bond donors (Lipinski definition) is 2. The molecule has 2 N–H and O–H groups in total. The van der Waals surface area contributed by atoms with Gasteiger partial charge < -0.3 is 19.8 Å². The Bertz CT molecular complexity index is 579. The second-order valence-electron chi connectivity index (χ2n) is 4.88. The lowest BCUT2D eigenvalue weighted by Gasteiger charge is -2.13. The molecular formula is C17H23N3O2. The van der Waals surface area contributed by atoms with Crippen molar-refractivity contribution in [1.29, 1.82) is 0 Å². The molecular weight excluding hydrogens is 278 g/mol. The maximum Gasteiger partial charge on any atom is 0.191 e. The predicted octanol–water partition coefficient (Wildman–Crippen LogP) is 2.33. The minimum atomic E-state index is 0.613. The van der Waals surface area contributed by atoms with Crippen molar-refractivity contribution in [2.24, 2.45) is 4.99 Å². The van der Waals surface area contributed by atoms with Crippen molar-refractivity contribution in [1.82, 2.24) is 10.6 Å². The van der Waals surface area contributed by atoms with Gasteiger partial charge in [-0.25, -0.2) is 0 Å². The number of rotatable bonds is 7. The molecule has 0 fully saturated rings. The third-order valence-electron chi connectivity index (χ3n) is 3.33. The smallest absolute Gasteiger partial charge is 0.191 e. The maximum atomic E-state index is 5.31. The normalized spacial score (nSPS) is 11.5. The number of benzene rings is 1. The number of hydrogen-bond acceptors (Lipinski definition) is 3. The Labute approximate surface area is 131 Å². The van der Waals surface area contributed by atoms with Crippen molar-refractivity contribution >= 4 is 5.96 Å². The van der Waals surface area contributed by atoms with Gasteiger partial charge in [0, 0.05) is 33.7 Å². The number of aliphatic imine (C=N–C) groups is 1. The molecule has 0 spiro atoms. The van der Waals surface area contributed by atoms with Crippen LogP contribution in [0.4, 0.5) is 0 Å². The lowest BCUT2D eigenvalue weighted by atomic mass is 10.1. The van der Waals surface area contributed by atoms with Crippen molar-refractivity contribution in [2.75, 3.05) is 20.7 Å². The second-order valence-corrected chi connectivity index (χ2v) is 4.88. The van der Waals surface area contributed by atoms with Gasteiger partial charge in [-0.05, 0) is 23.3 Å². The number of nitrogens with one attached hydrogen (secondary N) is 2. The van der Waals surface area contributed by atoms with Gasteiger partial charge in [-0.2, -0.15) is 0 Å². The molecule has 0 aliphatic rings. The molecule has 118 valence electrons. The summed E-state index contributed by atoms with van der Waals surface area (Å²) in [6, 6.07) is 12.1. The summed E-state index contributed by atoms with van der Waals surface area (Å²) in [4.78, 5) is 4.23. The molecule has 0 saturated carbocycles. The molecule has 2 rings (SSSR count). The Kier molecular flexibility index (Phi) is 6.51. The van der Waals surface area contributed by atoms with Crippen LogP contribution < -0.4 is 10.6 Å². The molecule has 5 heteroatoms. The zero-order chi connectivity index (χ0) is 15.6. The molecule has 1 aromatic carbocycles. The van der Waals surface area contributed by atoms with Gasteiger partial charge in [0.05, 0.1) is 12.9 Å². The number of ether oxygens (including phenoxy) is 1. The third-order valence-corrected chi connectivity index (χ3v) is 3.33. The van der Waals surface area contributed by atoms with E-state index in [9.17, 15) is 0 Å². The summed E-state index contributed by atoms with van der Waals surface area (Å²) in [5.41, 5.74) is 2.39. The van der Waals surface area contributed by atoms with Gasteiger partial charge >= 0.3 is 0 Å². The SMILES string of the molecule is CN=C(NCCc1ccco1)NCc1ccccc1COC. The highest BCUT2D eigenvalue weighted by Crippen LogP contribution is 2.09. The van der Waals surface area contributed by atoms with Gasteiger partial charge in [0.25, 0.3) is 0 Å². The van der Waals surface area contributed by atoms with Crippen LogP contribution in [0.1, 0.15) is 16.9 Å². The fraction of sp³-hybridized carbons (Fsp3) is 0.353. The van der Waals surface area contributed by atoms with Gasteiger partial charge in [0.15, 0.2) is 5.96 Å². The lowest BCUT2D eigenvalue weighted by Crippen LogP contribution is -2.38. The Hall–Kier alpha value is -2.27. The first kappa shape index (κ1) is 16.1. The zero-order valence-electron chi connectivity index (χ0n) is 13.1. The second kappa shape index (κ2) is 8.89. The van der Waals surface area contributed by atoms with E-state index in [1.165, 1.54) is 11.1 Å². The van der Waals surface area contributed by atoms with Gasteiger partial charge in [0.1, 0.15) is 5.76 Å². The predicted molar refractivity (Wildman–Crippen MR) is 87.8 cm³/mol. The van der Waals surface area contributed by atoms with Crippen molar-refractivity contribution in [3.8, 4) is 0 Å². The van der Waals surface area contributed by atoms with Crippen LogP contribution >= 0.6 is 0 Å². The van der Waals surface area contributed by atoms with Crippen molar-refractivity contribution < 1.29 is 9.15 Å². The molecule has 2 aromatic rings. The monoisotopic (exact) mass is 301 g/mol. The first-order chi connectivity index (χ1) is 10.8. The first-order valence-electron chi connectivity index (χ1n) is 7.36. The van der Waals surface area contributed by atoms with E-state index in [4.69, 9.17) is 9.15 Å². The summed E-state index contributed by atoms with van der Waals surface area (Å²) in [5, 5.41) is 6.59. The first-order valence-corrected chi connectivity index (χ1v) is 7.36. The molecule has 0 unspecified atom stereocenters. The van der Waals surface area contributed by atoms with Crippen LogP contribution in [-0.2, 0) is 24.3 Å². The topological polar surface area (TPSA) is 58.8 Å². The summed E-state index contributed by atoms with van der Waals surface area (Å²) in [6.07, 6.45) is 2.52. The molecule has 0 radical (unpaired) electrons. The highest BCUT2D eigenvalue weighted by atomic mass is 16.5. The van der Waals surface area contributed by atoms with Crippen LogP contribution in [0.5, 0.6) is 0 Å². The summed E-state index contributed by atoms with van der Waals surface area (Å²) >= 11 is 0. The minimum absolute atomic E-state index is 0.613. The van der Waals surface area contributed by atoms with Crippen molar-refractivity contribution in [3.05, 3.63) is 59.5 Å². The largest absolute Gasteiger partial charge is 0.469 e. The number of furan rings is 1. The minimum Gasteiger partial charge on any atom is -0.469 e. The Morgan fingerprint density at radius 1 is 1.14 bits per heavy atom. The van der Waals surface area contributed by atoms with Gasteiger partial charge in [-0.15, -0.1) is 0 Å². The van der Waals surface area contributed by atoms with E-state index < -0.39 is 0 Å². The average Bonchev–Trinajstić information content (AvgIpc) is 3.05. The van der Waals surface area contributed by atoms with E-state index in [0.717, 1.165) is 24.7 Å². The van der Waals surface area contributed by atoms with Crippen molar-refractivity contribution in [3.63, 3.8) is 0 Å². The molecule has 0 bridgehead atoms. The van der Waals surface area contributed by atoms with Gasteiger partial charge in [0.2, 0.25) is 0 Å². The lowest BCUT2D eigenvalue weighted by molar-refractivity contribution is 0.184. The van der Waals surface area contributed by atoms with Crippen LogP contribution in [0.3, 0.4) is 0 Å². The number of nitrogens with zero attached hydrogens (tertiary/aromatic N) is 1. The van der Waals surface area contributed by atoms with Gasteiger partial charge in [-0.1, -0.05) is 24.3 Å². The fourth-order valence-electron chi connectivity index (χ4n) is 2.18. The van der Waals surface area contributed by atoms with E-state index >= 15 is 0 Å². The summed E-state index contributed by atoms with van der Waals surface area (Å²) in [7, 11) is 3.47. The van der Waals surface area contributed by atoms with Gasteiger partial charge in [-0.3, -0.25) is 4.99 Å². The van der Waals surface area contributed by atoms with Crippen LogP contribution in [-0.4, -0.2) is 26.7 Å². The van der Waals surface area contributed by atoms with E-state index in [0.29, 0.717) is 13.2 Å². The molecule has 0 amide bonds. The molecule has 0 aliphatic heterocycles. The highest BCUT2D eigenvalue weighted by molar-refractivity contribution is 5.79. The number of guanidine groups is 1. The van der Waals surface area contributed by atoms with Crippen LogP contribution in [0.15, 0.2) is 52.1 Å². The summed E-state index contributed by atoms with van der Waals surface area (Å²) < 4.78 is 10.5. The van der Waals surface area contributed by atoms with E-state index in [1.54, 1.807) is 20.4 Å². The van der Waals surface area contributed by atoms with E-state index in [1.807, 2.05) is 24.3 Å². The Morgan fingerprint density at radius 2 is 1.95 bits per heavy atom. The van der Waals surface area contributed by atoms with Crippen LogP contribution in [0, 0.1) is 0 Å². The van der Waals surface area contributed by atoms with Crippen molar-refractivity contribution in [2.45, 2.75) is 19.6 Å². The van der Waals surface area contributed by atoms with E-state index in [-0.39, 0.29) is 0 Å². The van der Waals surface area contributed by atoms with E-state index in [2.05, 4.69) is 27.8 Å². The molecule has 0 saturated heterocycles. The summed E-state index contributed by atoms with van der Waals surface area (Å²) in [6.45, 7) is 2.09. The third kappa shape index (κ3) is 4.93. The number of methoxy groups -OCH3 is 1. The quantitative estimate of drug-likeness (QED) is 0.609. The molecule has 22 heavy (non-hydrogen) atoms. The fourth-order valence-corrected chi connectivity index (χ4v) is 2.18. The molecule has 0 atom stereocenters. The average molecular weight is 301 g/mol. The molecule has 1 heterocycles. The van der Waals surface area contributed by atoms with Crippen LogP contribution in [0.2, 0.25) is 0 Å².